The lowest BCUT2D eigenvalue weighted by molar-refractivity contribution is 0.0433. The number of halogens is 1. The minimum atomic E-state index is -0.414. The van der Waals surface area contributed by atoms with E-state index in [1.54, 1.807) is 25.1 Å². The quantitative estimate of drug-likeness (QED) is 0.866. The fraction of sp³-hybridized carbons (Fsp3) is 0.333. The van der Waals surface area contributed by atoms with Crippen LogP contribution in [0.5, 0.6) is 0 Å². The van der Waals surface area contributed by atoms with E-state index in [0.717, 1.165) is 0 Å². The van der Waals surface area contributed by atoms with Crippen LogP contribution in [-0.2, 0) is 4.74 Å². The molecule has 0 saturated carbocycles. The van der Waals surface area contributed by atoms with Crippen molar-refractivity contribution in [3.8, 4) is 0 Å². The third-order valence-electron chi connectivity index (χ3n) is 2.29. The Morgan fingerprint density at radius 3 is 3.11 bits per heavy atom. The number of carbonyl (C=O) groups excluding carboxylic acids is 1. The SMILES string of the molecule is CCOC(C)NC(=O)c1nc2cc(Cl)ccc2o1. The van der Waals surface area contributed by atoms with Crippen molar-refractivity contribution in [2.24, 2.45) is 0 Å². The maximum absolute atomic E-state index is 11.8. The van der Waals surface area contributed by atoms with Gasteiger partial charge in [-0.2, -0.15) is 0 Å². The van der Waals surface area contributed by atoms with Gasteiger partial charge in [-0.25, -0.2) is 4.98 Å². The fourth-order valence-electron chi connectivity index (χ4n) is 1.54. The maximum atomic E-state index is 11.8. The number of carbonyl (C=O) groups is 1. The summed E-state index contributed by atoms with van der Waals surface area (Å²) in [5, 5.41) is 3.17. The van der Waals surface area contributed by atoms with Crippen molar-refractivity contribution < 1.29 is 13.9 Å². The van der Waals surface area contributed by atoms with Gasteiger partial charge in [0.25, 0.3) is 5.89 Å². The summed E-state index contributed by atoms with van der Waals surface area (Å²) >= 11 is 5.83. The van der Waals surface area contributed by atoms with E-state index >= 15 is 0 Å². The Bertz CT molecular complexity index is 567. The first-order chi connectivity index (χ1) is 8.60. The molecule has 1 heterocycles. The Balaban J connectivity index is 2.18. The highest BCUT2D eigenvalue weighted by Gasteiger charge is 2.16. The fourth-order valence-corrected chi connectivity index (χ4v) is 1.70. The molecule has 0 spiro atoms. The van der Waals surface area contributed by atoms with Crippen LogP contribution in [0.1, 0.15) is 24.5 Å². The molecule has 0 aliphatic rings. The zero-order valence-corrected chi connectivity index (χ0v) is 10.8. The largest absolute Gasteiger partial charge is 0.432 e. The molecule has 1 atom stereocenters. The number of nitrogens with one attached hydrogen (secondary N) is 1. The van der Waals surface area contributed by atoms with E-state index < -0.39 is 5.91 Å². The number of ether oxygens (including phenoxy) is 1. The number of hydrogen-bond acceptors (Lipinski definition) is 4. The molecule has 1 N–H and O–H groups in total. The first-order valence-corrected chi connectivity index (χ1v) is 5.96. The molecule has 6 heteroatoms. The first kappa shape index (κ1) is 12.9. The topological polar surface area (TPSA) is 64.4 Å². The van der Waals surface area contributed by atoms with E-state index in [0.29, 0.717) is 22.7 Å². The first-order valence-electron chi connectivity index (χ1n) is 5.58. The number of hydrogen-bond donors (Lipinski definition) is 1. The average molecular weight is 269 g/mol. The van der Waals surface area contributed by atoms with Gasteiger partial charge < -0.3 is 14.5 Å². The van der Waals surface area contributed by atoms with Gasteiger partial charge in [-0.3, -0.25) is 4.79 Å². The summed E-state index contributed by atoms with van der Waals surface area (Å²) in [7, 11) is 0. The predicted octanol–water partition coefficient (Wildman–Crippen LogP) is 2.59. The molecule has 1 amide bonds. The van der Waals surface area contributed by atoms with Crippen LogP contribution in [0.3, 0.4) is 0 Å². The van der Waals surface area contributed by atoms with Crippen molar-refractivity contribution >= 4 is 28.6 Å². The van der Waals surface area contributed by atoms with Crippen LogP contribution in [0.4, 0.5) is 0 Å². The Morgan fingerprint density at radius 1 is 1.61 bits per heavy atom. The molecule has 0 saturated heterocycles. The molecular weight excluding hydrogens is 256 g/mol. The van der Waals surface area contributed by atoms with Crippen LogP contribution >= 0.6 is 11.6 Å². The summed E-state index contributed by atoms with van der Waals surface area (Å²) in [5.74, 6) is -0.415. The Kier molecular flexibility index (Phi) is 3.84. The molecule has 0 radical (unpaired) electrons. The highest BCUT2D eigenvalue weighted by atomic mass is 35.5. The number of amides is 1. The Labute approximate surface area is 109 Å². The molecule has 0 fully saturated rings. The van der Waals surface area contributed by atoms with E-state index in [9.17, 15) is 4.79 Å². The highest BCUT2D eigenvalue weighted by Crippen LogP contribution is 2.19. The number of fused-ring (bicyclic) bond motifs is 1. The molecule has 1 aromatic heterocycles. The summed E-state index contributed by atoms with van der Waals surface area (Å²) in [6, 6.07) is 5.00. The van der Waals surface area contributed by atoms with Crippen molar-refractivity contribution in [1.29, 1.82) is 0 Å². The van der Waals surface area contributed by atoms with E-state index in [1.165, 1.54) is 0 Å². The van der Waals surface area contributed by atoms with Crippen molar-refractivity contribution in [1.82, 2.24) is 10.3 Å². The Morgan fingerprint density at radius 2 is 2.39 bits per heavy atom. The van der Waals surface area contributed by atoms with Crippen LogP contribution in [0.2, 0.25) is 5.02 Å². The van der Waals surface area contributed by atoms with Crippen LogP contribution in [0.15, 0.2) is 22.6 Å². The number of nitrogens with zero attached hydrogens (tertiary/aromatic N) is 1. The molecule has 96 valence electrons. The zero-order chi connectivity index (χ0) is 13.1. The van der Waals surface area contributed by atoms with Crippen molar-refractivity contribution in [3.05, 3.63) is 29.1 Å². The van der Waals surface area contributed by atoms with E-state index in [1.807, 2.05) is 6.92 Å². The summed E-state index contributed by atoms with van der Waals surface area (Å²) in [6.07, 6.45) is -0.388. The van der Waals surface area contributed by atoms with Crippen molar-refractivity contribution in [3.63, 3.8) is 0 Å². The van der Waals surface area contributed by atoms with E-state index in [-0.39, 0.29) is 12.1 Å². The minimum Gasteiger partial charge on any atom is -0.432 e. The minimum absolute atomic E-state index is 0.00109. The predicted molar refractivity (Wildman–Crippen MR) is 67.6 cm³/mol. The highest BCUT2D eigenvalue weighted by molar-refractivity contribution is 6.31. The van der Waals surface area contributed by atoms with Gasteiger partial charge in [0, 0.05) is 11.6 Å². The van der Waals surface area contributed by atoms with Crippen LogP contribution in [0.25, 0.3) is 11.1 Å². The summed E-state index contributed by atoms with van der Waals surface area (Å²) < 4.78 is 10.5. The van der Waals surface area contributed by atoms with Gasteiger partial charge >= 0.3 is 5.91 Å². The van der Waals surface area contributed by atoms with Gasteiger partial charge in [0.15, 0.2) is 5.58 Å². The summed E-state index contributed by atoms with van der Waals surface area (Å²) in [4.78, 5) is 15.9. The molecule has 5 nitrogen and oxygen atoms in total. The third kappa shape index (κ3) is 2.80. The van der Waals surface area contributed by atoms with E-state index in [4.69, 9.17) is 20.8 Å². The van der Waals surface area contributed by atoms with Crippen LogP contribution in [0, 0.1) is 0 Å². The number of rotatable bonds is 4. The number of aromatic nitrogens is 1. The van der Waals surface area contributed by atoms with Gasteiger partial charge in [0.1, 0.15) is 11.7 Å². The van der Waals surface area contributed by atoms with Crippen LogP contribution in [-0.4, -0.2) is 23.7 Å². The smallest absolute Gasteiger partial charge is 0.309 e. The molecule has 2 aromatic rings. The summed E-state index contributed by atoms with van der Waals surface area (Å²) in [5.41, 5.74) is 1.07. The van der Waals surface area contributed by atoms with E-state index in [2.05, 4.69) is 10.3 Å². The number of oxazole rings is 1. The maximum Gasteiger partial charge on any atom is 0.309 e. The monoisotopic (exact) mass is 268 g/mol. The lowest BCUT2D eigenvalue weighted by Crippen LogP contribution is -2.34. The molecule has 0 aliphatic carbocycles. The van der Waals surface area contributed by atoms with Gasteiger partial charge in [-0.1, -0.05) is 11.6 Å². The van der Waals surface area contributed by atoms with Crippen molar-refractivity contribution in [2.75, 3.05) is 6.61 Å². The summed E-state index contributed by atoms with van der Waals surface area (Å²) in [6.45, 7) is 4.11. The molecule has 1 unspecified atom stereocenters. The third-order valence-corrected chi connectivity index (χ3v) is 2.53. The van der Waals surface area contributed by atoms with Gasteiger partial charge in [-0.15, -0.1) is 0 Å². The second kappa shape index (κ2) is 5.37. The second-order valence-electron chi connectivity index (χ2n) is 3.70. The standard InChI is InChI=1S/C12H13ClN2O3/c1-3-17-7(2)14-11(16)12-15-9-6-8(13)4-5-10(9)18-12/h4-7H,3H2,1-2H3,(H,14,16). The number of benzene rings is 1. The lowest BCUT2D eigenvalue weighted by atomic mass is 10.3. The van der Waals surface area contributed by atoms with Gasteiger partial charge in [-0.05, 0) is 32.0 Å². The van der Waals surface area contributed by atoms with Crippen molar-refractivity contribution in [2.45, 2.75) is 20.1 Å². The second-order valence-corrected chi connectivity index (χ2v) is 4.14. The average Bonchev–Trinajstić information content (AvgIpc) is 2.72. The Hall–Kier alpha value is -1.59. The lowest BCUT2D eigenvalue weighted by Gasteiger charge is -2.11. The molecular formula is C12H13ClN2O3. The molecule has 18 heavy (non-hydrogen) atoms. The van der Waals surface area contributed by atoms with Gasteiger partial charge in [0.05, 0.1) is 0 Å². The molecule has 1 aromatic carbocycles. The molecule has 2 rings (SSSR count). The zero-order valence-electron chi connectivity index (χ0n) is 10.1. The molecule has 0 aliphatic heterocycles. The molecule has 0 bridgehead atoms. The van der Waals surface area contributed by atoms with Crippen LogP contribution < -0.4 is 5.32 Å². The van der Waals surface area contributed by atoms with Gasteiger partial charge in [0.2, 0.25) is 0 Å². The normalized spacial score (nSPS) is 12.6.